The molecule has 0 spiro atoms. The third-order valence-corrected chi connectivity index (χ3v) is 4.58. The summed E-state index contributed by atoms with van der Waals surface area (Å²) in [5, 5.41) is 8.60. The van der Waals surface area contributed by atoms with Crippen molar-refractivity contribution >= 4 is 21.9 Å². The highest BCUT2D eigenvalue weighted by molar-refractivity contribution is 9.10. The molecule has 1 aromatic carbocycles. The zero-order valence-electron chi connectivity index (χ0n) is 12.8. The summed E-state index contributed by atoms with van der Waals surface area (Å²) in [6, 6.07) is 5.75. The number of rotatable bonds is 3. The van der Waals surface area contributed by atoms with Crippen LogP contribution in [0, 0.1) is 5.92 Å². The Bertz CT molecular complexity index is 724. The quantitative estimate of drug-likeness (QED) is 0.785. The predicted molar refractivity (Wildman–Crippen MR) is 86.5 cm³/mol. The molecule has 0 aliphatic heterocycles. The van der Waals surface area contributed by atoms with E-state index < -0.39 is 6.04 Å². The van der Waals surface area contributed by atoms with Crippen LogP contribution in [0.3, 0.4) is 0 Å². The molecule has 22 heavy (non-hydrogen) atoms. The Balaban J connectivity index is 2.09. The van der Waals surface area contributed by atoms with E-state index in [-0.39, 0.29) is 11.9 Å². The molecule has 0 fully saturated rings. The average molecular weight is 364 g/mol. The van der Waals surface area contributed by atoms with Gasteiger partial charge in [-0.05, 0) is 36.5 Å². The van der Waals surface area contributed by atoms with Crippen molar-refractivity contribution in [2.75, 3.05) is 7.11 Å². The van der Waals surface area contributed by atoms with Crippen LogP contribution in [-0.4, -0.2) is 28.1 Å². The van der Waals surface area contributed by atoms with Gasteiger partial charge in [-0.25, -0.2) is 9.48 Å². The first-order valence-corrected chi connectivity index (χ1v) is 8.13. The molecule has 0 amide bonds. The van der Waals surface area contributed by atoms with E-state index in [1.807, 2.05) is 19.9 Å². The van der Waals surface area contributed by atoms with E-state index in [4.69, 9.17) is 4.74 Å². The van der Waals surface area contributed by atoms with Crippen LogP contribution in [0.2, 0.25) is 0 Å². The van der Waals surface area contributed by atoms with Gasteiger partial charge in [0.15, 0.2) is 6.04 Å². The molecule has 6 heteroatoms. The van der Waals surface area contributed by atoms with Gasteiger partial charge in [0.1, 0.15) is 5.69 Å². The Labute approximate surface area is 137 Å². The number of halogens is 1. The second-order valence-corrected chi connectivity index (χ2v) is 6.76. The zero-order chi connectivity index (χ0) is 15.9. The Morgan fingerprint density at radius 3 is 2.82 bits per heavy atom. The van der Waals surface area contributed by atoms with Crippen LogP contribution in [0.5, 0.6) is 0 Å². The molecule has 0 N–H and O–H groups in total. The third kappa shape index (κ3) is 2.45. The van der Waals surface area contributed by atoms with Gasteiger partial charge < -0.3 is 4.74 Å². The lowest BCUT2D eigenvalue weighted by atomic mass is 9.91. The summed E-state index contributed by atoms with van der Waals surface area (Å²) in [4.78, 5) is 12.1. The van der Waals surface area contributed by atoms with Gasteiger partial charge in [-0.1, -0.05) is 41.1 Å². The average Bonchev–Trinajstić information content (AvgIpc) is 2.90. The Hall–Kier alpha value is -1.69. The largest absolute Gasteiger partial charge is 0.467 e. The number of esters is 1. The fourth-order valence-corrected chi connectivity index (χ4v) is 3.42. The standard InChI is InChI=1S/C16H18BrN3O2/c1-9(2)15(16(21)22-3)20-13-7-4-10-8-11(17)5-6-12(10)14(13)18-19-20/h5-6,8-9,15H,4,7H2,1-3H3/t15-/m1/s1. The molecule has 0 radical (unpaired) electrons. The predicted octanol–water partition coefficient (Wildman–Crippen LogP) is 3.18. The van der Waals surface area contributed by atoms with E-state index in [0.29, 0.717) is 0 Å². The van der Waals surface area contributed by atoms with Crippen LogP contribution in [0.15, 0.2) is 22.7 Å². The summed E-state index contributed by atoms with van der Waals surface area (Å²) >= 11 is 3.50. The number of hydrogen-bond donors (Lipinski definition) is 0. The van der Waals surface area contributed by atoms with Gasteiger partial charge in [0.2, 0.25) is 0 Å². The second kappa shape index (κ2) is 5.83. The number of ether oxygens (including phenoxy) is 1. The van der Waals surface area contributed by atoms with Crippen LogP contribution in [0.25, 0.3) is 11.3 Å². The molecule has 5 nitrogen and oxygen atoms in total. The van der Waals surface area contributed by atoms with Gasteiger partial charge in [-0.15, -0.1) is 5.10 Å². The summed E-state index contributed by atoms with van der Waals surface area (Å²) in [6.07, 6.45) is 1.74. The molecule has 0 unspecified atom stereocenters. The van der Waals surface area contributed by atoms with Crippen molar-refractivity contribution in [3.8, 4) is 11.3 Å². The Kier molecular flexibility index (Phi) is 4.04. The van der Waals surface area contributed by atoms with Crippen molar-refractivity contribution in [2.45, 2.75) is 32.7 Å². The van der Waals surface area contributed by atoms with Crippen molar-refractivity contribution in [1.29, 1.82) is 0 Å². The lowest BCUT2D eigenvalue weighted by molar-refractivity contribution is -0.146. The summed E-state index contributed by atoms with van der Waals surface area (Å²) in [5.74, 6) is -0.186. The molecule has 0 saturated heterocycles. The molecule has 1 aliphatic carbocycles. The number of methoxy groups -OCH3 is 1. The van der Waals surface area contributed by atoms with Gasteiger partial charge in [0, 0.05) is 10.0 Å². The molecule has 0 saturated carbocycles. The SMILES string of the molecule is COC(=O)[C@@H](C(C)C)n1nnc2c1CCc1cc(Br)ccc1-2. The molecule has 3 rings (SSSR count). The first kappa shape index (κ1) is 15.2. The number of fused-ring (bicyclic) bond motifs is 3. The first-order valence-electron chi connectivity index (χ1n) is 7.33. The minimum Gasteiger partial charge on any atom is -0.467 e. The van der Waals surface area contributed by atoms with E-state index in [1.165, 1.54) is 12.7 Å². The minimum absolute atomic E-state index is 0.0876. The highest BCUT2D eigenvalue weighted by Crippen LogP contribution is 2.35. The Morgan fingerprint density at radius 1 is 1.36 bits per heavy atom. The number of benzene rings is 1. The number of carbonyl (C=O) groups excluding carboxylic acids is 1. The van der Waals surface area contributed by atoms with Gasteiger partial charge >= 0.3 is 5.97 Å². The van der Waals surface area contributed by atoms with Gasteiger partial charge in [-0.3, -0.25) is 0 Å². The zero-order valence-corrected chi connectivity index (χ0v) is 14.4. The topological polar surface area (TPSA) is 57.0 Å². The number of hydrogen-bond acceptors (Lipinski definition) is 4. The van der Waals surface area contributed by atoms with E-state index >= 15 is 0 Å². The highest BCUT2D eigenvalue weighted by Gasteiger charge is 2.32. The lowest BCUT2D eigenvalue weighted by Gasteiger charge is -2.22. The summed E-state index contributed by atoms with van der Waals surface area (Å²) < 4.78 is 7.75. The molecule has 1 aromatic heterocycles. The molecular weight excluding hydrogens is 346 g/mol. The van der Waals surface area contributed by atoms with Crippen molar-refractivity contribution in [1.82, 2.24) is 15.0 Å². The molecule has 0 bridgehead atoms. The van der Waals surface area contributed by atoms with Crippen molar-refractivity contribution < 1.29 is 9.53 Å². The highest BCUT2D eigenvalue weighted by atomic mass is 79.9. The first-order chi connectivity index (χ1) is 10.5. The number of carbonyl (C=O) groups is 1. The maximum Gasteiger partial charge on any atom is 0.331 e. The van der Waals surface area contributed by atoms with Gasteiger partial charge in [0.05, 0.1) is 12.8 Å². The van der Waals surface area contributed by atoms with Crippen LogP contribution < -0.4 is 0 Å². The van der Waals surface area contributed by atoms with Crippen LogP contribution in [0.4, 0.5) is 0 Å². The van der Waals surface area contributed by atoms with E-state index in [0.717, 1.165) is 34.3 Å². The summed E-state index contributed by atoms with van der Waals surface area (Å²) in [5.41, 5.74) is 4.25. The van der Waals surface area contributed by atoms with Crippen LogP contribution in [-0.2, 0) is 22.4 Å². The molecule has 2 aromatic rings. The van der Waals surface area contributed by atoms with Gasteiger partial charge in [0.25, 0.3) is 0 Å². The van der Waals surface area contributed by atoms with E-state index in [2.05, 4.69) is 38.4 Å². The van der Waals surface area contributed by atoms with Crippen LogP contribution >= 0.6 is 15.9 Å². The van der Waals surface area contributed by atoms with Crippen molar-refractivity contribution in [2.24, 2.45) is 5.92 Å². The molecule has 1 aliphatic rings. The Morgan fingerprint density at radius 2 is 2.14 bits per heavy atom. The number of aryl methyl sites for hydroxylation is 1. The van der Waals surface area contributed by atoms with Crippen molar-refractivity contribution in [3.05, 3.63) is 33.9 Å². The fourth-order valence-electron chi connectivity index (χ4n) is 3.01. The fraction of sp³-hybridized carbons (Fsp3) is 0.438. The molecule has 1 atom stereocenters. The maximum atomic E-state index is 12.1. The maximum absolute atomic E-state index is 12.1. The third-order valence-electron chi connectivity index (χ3n) is 4.08. The number of aromatic nitrogens is 3. The molecule has 116 valence electrons. The lowest BCUT2D eigenvalue weighted by Crippen LogP contribution is -2.28. The minimum atomic E-state index is -0.432. The smallest absolute Gasteiger partial charge is 0.331 e. The van der Waals surface area contributed by atoms with Gasteiger partial charge in [-0.2, -0.15) is 0 Å². The second-order valence-electron chi connectivity index (χ2n) is 5.84. The van der Waals surface area contributed by atoms with E-state index in [9.17, 15) is 4.79 Å². The van der Waals surface area contributed by atoms with Crippen molar-refractivity contribution in [3.63, 3.8) is 0 Å². The van der Waals surface area contributed by atoms with Crippen LogP contribution in [0.1, 0.15) is 31.1 Å². The summed E-state index contributed by atoms with van der Waals surface area (Å²) in [6.45, 7) is 3.98. The van der Waals surface area contributed by atoms with E-state index in [1.54, 1.807) is 4.68 Å². The number of nitrogens with zero attached hydrogens (tertiary/aromatic N) is 3. The molecule has 1 heterocycles. The normalized spacial score (nSPS) is 14.4. The molecular formula is C16H18BrN3O2. The monoisotopic (exact) mass is 363 g/mol. The summed E-state index contributed by atoms with van der Waals surface area (Å²) in [7, 11) is 1.41.